The second kappa shape index (κ2) is 8.10. The number of hydrogen-bond donors (Lipinski definition) is 2. The molecule has 1 aliphatic rings. The van der Waals surface area contributed by atoms with Gasteiger partial charge in [-0.05, 0) is 37.5 Å². The number of aromatic nitrogens is 2. The summed E-state index contributed by atoms with van der Waals surface area (Å²) >= 11 is 1.33. The lowest BCUT2D eigenvalue weighted by molar-refractivity contribution is -0.122. The summed E-state index contributed by atoms with van der Waals surface area (Å²) < 4.78 is 13.7. The van der Waals surface area contributed by atoms with Crippen molar-refractivity contribution in [3.63, 3.8) is 0 Å². The molecule has 0 radical (unpaired) electrons. The zero-order chi connectivity index (χ0) is 19.4. The SMILES string of the molecule is CC(=O)NC1(c2cccc(F)c2)CCN(CC(=O)Nc2nnc(C)s2)CC1. The van der Waals surface area contributed by atoms with Crippen LogP contribution in [0.5, 0.6) is 0 Å². The fourth-order valence-corrected chi connectivity index (χ4v) is 4.02. The maximum absolute atomic E-state index is 13.7. The quantitative estimate of drug-likeness (QED) is 0.815. The van der Waals surface area contributed by atoms with Gasteiger partial charge in [-0.15, -0.1) is 10.2 Å². The predicted octanol–water partition coefficient (Wildman–Crippen LogP) is 2.05. The first-order valence-electron chi connectivity index (χ1n) is 8.73. The number of nitrogens with zero attached hydrogens (tertiary/aromatic N) is 3. The van der Waals surface area contributed by atoms with Crippen molar-refractivity contribution in [1.82, 2.24) is 20.4 Å². The summed E-state index contributed by atoms with van der Waals surface area (Å²) in [6, 6.07) is 6.34. The molecule has 1 fully saturated rings. The summed E-state index contributed by atoms with van der Waals surface area (Å²) in [5.41, 5.74) is 0.142. The molecule has 2 N–H and O–H groups in total. The van der Waals surface area contributed by atoms with Gasteiger partial charge in [0.15, 0.2) is 0 Å². The van der Waals surface area contributed by atoms with Crippen LogP contribution in [0, 0.1) is 12.7 Å². The molecule has 7 nitrogen and oxygen atoms in total. The molecule has 2 heterocycles. The summed E-state index contributed by atoms with van der Waals surface area (Å²) in [5, 5.41) is 14.8. The van der Waals surface area contributed by atoms with Crippen LogP contribution < -0.4 is 10.6 Å². The van der Waals surface area contributed by atoms with Crippen LogP contribution in [0.2, 0.25) is 0 Å². The molecule has 2 amide bonds. The number of nitrogens with one attached hydrogen (secondary N) is 2. The van der Waals surface area contributed by atoms with Crippen LogP contribution in [0.4, 0.5) is 9.52 Å². The van der Waals surface area contributed by atoms with Crippen LogP contribution >= 0.6 is 11.3 Å². The summed E-state index contributed by atoms with van der Waals surface area (Å²) in [6.45, 7) is 4.74. The van der Waals surface area contributed by atoms with Gasteiger partial charge >= 0.3 is 0 Å². The van der Waals surface area contributed by atoms with E-state index in [4.69, 9.17) is 0 Å². The first kappa shape index (κ1) is 19.4. The number of rotatable bonds is 5. The van der Waals surface area contributed by atoms with Gasteiger partial charge < -0.3 is 5.32 Å². The Morgan fingerprint density at radius 2 is 2.04 bits per heavy atom. The van der Waals surface area contributed by atoms with Crippen molar-refractivity contribution in [2.45, 2.75) is 32.2 Å². The van der Waals surface area contributed by atoms with Crippen LogP contribution in [-0.4, -0.2) is 46.5 Å². The van der Waals surface area contributed by atoms with Crippen molar-refractivity contribution in [2.75, 3.05) is 25.0 Å². The average Bonchev–Trinajstić information content (AvgIpc) is 3.01. The monoisotopic (exact) mass is 391 g/mol. The lowest BCUT2D eigenvalue weighted by Gasteiger charge is -2.42. The Labute approximate surface area is 161 Å². The van der Waals surface area contributed by atoms with Crippen LogP contribution in [0.25, 0.3) is 0 Å². The van der Waals surface area contributed by atoms with Gasteiger partial charge in [0, 0.05) is 20.0 Å². The normalized spacial score (nSPS) is 16.7. The fraction of sp³-hybridized carbons (Fsp3) is 0.444. The van der Waals surface area contributed by atoms with Gasteiger partial charge in [-0.3, -0.25) is 19.8 Å². The van der Waals surface area contributed by atoms with E-state index in [-0.39, 0.29) is 24.2 Å². The molecule has 0 atom stereocenters. The molecule has 0 saturated carbocycles. The van der Waals surface area contributed by atoms with Crippen molar-refractivity contribution in [1.29, 1.82) is 0 Å². The number of likely N-dealkylation sites (tertiary alicyclic amines) is 1. The number of benzene rings is 1. The average molecular weight is 391 g/mol. The smallest absolute Gasteiger partial charge is 0.240 e. The van der Waals surface area contributed by atoms with E-state index in [1.807, 2.05) is 17.9 Å². The first-order chi connectivity index (χ1) is 12.9. The third-order valence-electron chi connectivity index (χ3n) is 4.64. The van der Waals surface area contributed by atoms with Gasteiger partial charge in [-0.2, -0.15) is 0 Å². The Bertz CT molecular complexity index is 833. The highest BCUT2D eigenvalue weighted by atomic mass is 32.1. The van der Waals surface area contributed by atoms with E-state index in [0.29, 0.717) is 31.1 Å². The van der Waals surface area contributed by atoms with Crippen molar-refractivity contribution in [3.8, 4) is 0 Å². The van der Waals surface area contributed by atoms with E-state index in [0.717, 1.165) is 10.6 Å². The topological polar surface area (TPSA) is 87.2 Å². The fourth-order valence-electron chi connectivity index (χ4n) is 3.41. The maximum atomic E-state index is 13.7. The van der Waals surface area contributed by atoms with E-state index in [1.54, 1.807) is 6.07 Å². The Hall–Kier alpha value is -2.39. The molecule has 3 rings (SSSR count). The van der Waals surface area contributed by atoms with Gasteiger partial charge in [-0.1, -0.05) is 23.5 Å². The van der Waals surface area contributed by atoms with Crippen molar-refractivity contribution in [3.05, 3.63) is 40.7 Å². The number of piperidine rings is 1. The number of carbonyl (C=O) groups is 2. The van der Waals surface area contributed by atoms with Crippen LogP contribution in [0.1, 0.15) is 30.3 Å². The zero-order valence-electron chi connectivity index (χ0n) is 15.3. The highest BCUT2D eigenvalue weighted by molar-refractivity contribution is 7.15. The van der Waals surface area contributed by atoms with E-state index in [9.17, 15) is 14.0 Å². The summed E-state index contributed by atoms with van der Waals surface area (Å²) in [7, 11) is 0. The minimum Gasteiger partial charge on any atom is -0.347 e. The molecule has 0 aliphatic carbocycles. The minimum atomic E-state index is -0.614. The number of carbonyl (C=O) groups excluding carboxylic acids is 2. The molecular formula is C18H22FN5O2S. The summed E-state index contributed by atoms with van der Waals surface area (Å²) in [6.07, 6.45) is 1.20. The van der Waals surface area contributed by atoms with Gasteiger partial charge in [0.05, 0.1) is 12.1 Å². The minimum absolute atomic E-state index is 0.149. The van der Waals surface area contributed by atoms with Crippen LogP contribution in [0.3, 0.4) is 0 Å². The molecule has 1 aliphatic heterocycles. The van der Waals surface area contributed by atoms with Crippen molar-refractivity contribution >= 4 is 28.3 Å². The van der Waals surface area contributed by atoms with Crippen LogP contribution in [-0.2, 0) is 15.1 Å². The van der Waals surface area contributed by atoms with Crippen molar-refractivity contribution < 1.29 is 14.0 Å². The first-order valence-corrected chi connectivity index (χ1v) is 9.55. The Morgan fingerprint density at radius 1 is 1.30 bits per heavy atom. The molecule has 1 aromatic heterocycles. The Balaban J connectivity index is 1.63. The van der Waals surface area contributed by atoms with E-state index < -0.39 is 5.54 Å². The second-order valence-electron chi connectivity index (χ2n) is 6.72. The highest BCUT2D eigenvalue weighted by Crippen LogP contribution is 2.33. The molecule has 1 aromatic carbocycles. The third kappa shape index (κ3) is 4.86. The standard InChI is InChI=1S/C18H22FN5O2S/c1-12(25)21-18(14-4-3-5-15(19)10-14)6-8-24(9-7-18)11-16(26)20-17-23-22-13(2)27-17/h3-5,10H,6-9,11H2,1-2H3,(H,21,25)(H,20,23,26). The number of amides is 2. The lowest BCUT2D eigenvalue weighted by atomic mass is 9.80. The number of anilines is 1. The molecule has 144 valence electrons. The van der Waals surface area contributed by atoms with Gasteiger partial charge in [0.25, 0.3) is 0 Å². The molecule has 1 saturated heterocycles. The maximum Gasteiger partial charge on any atom is 0.240 e. The third-order valence-corrected chi connectivity index (χ3v) is 5.40. The highest BCUT2D eigenvalue weighted by Gasteiger charge is 2.37. The molecule has 27 heavy (non-hydrogen) atoms. The molecule has 9 heteroatoms. The molecule has 0 spiro atoms. The van der Waals surface area contributed by atoms with Crippen molar-refractivity contribution in [2.24, 2.45) is 0 Å². The largest absolute Gasteiger partial charge is 0.347 e. The summed E-state index contributed by atoms with van der Waals surface area (Å²) in [4.78, 5) is 26.0. The van der Waals surface area contributed by atoms with E-state index >= 15 is 0 Å². The summed E-state index contributed by atoms with van der Waals surface area (Å²) in [5.74, 6) is -0.632. The van der Waals surface area contributed by atoms with Gasteiger partial charge in [-0.25, -0.2) is 4.39 Å². The lowest BCUT2D eigenvalue weighted by Crippen LogP contribution is -2.53. The number of hydrogen-bond acceptors (Lipinski definition) is 6. The van der Waals surface area contributed by atoms with Gasteiger partial charge in [0.2, 0.25) is 16.9 Å². The number of halogens is 1. The van der Waals surface area contributed by atoms with Crippen LogP contribution in [0.15, 0.2) is 24.3 Å². The van der Waals surface area contributed by atoms with E-state index in [2.05, 4.69) is 20.8 Å². The van der Waals surface area contributed by atoms with Gasteiger partial charge in [0.1, 0.15) is 10.8 Å². The Morgan fingerprint density at radius 3 is 2.63 bits per heavy atom. The number of aryl methyl sites for hydroxylation is 1. The molecule has 0 unspecified atom stereocenters. The predicted molar refractivity (Wildman–Crippen MR) is 101 cm³/mol. The molecule has 2 aromatic rings. The van der Waals surface area contributed by atoms with E-state index in [1.165, 1.54) is 30.4 Å². The molecular weight excluding hydrogens is 369 g/mol. The molecule has 0 bridgehead atoms. The Kier molecular flexibility index (Phi) is 5.81. The second-order valence-corrected chi connectivity index (χ2v) is 7.91. The zero-order valence-corrected chi connectivity index (χ0v) is 16.1.